The Balaban J connectivity index is 2.62. The van der Waals surface area contributed by atoms with E-state index in [-0.39, 0.29) is 0 Å². The normalized spacial score (nSPS) is 12.5. The zero-order valence-corrected chi connectivity index (χ0v) is 12.1. The lowest BCUT2D eigenvalue weighted by Gasteiger charge is -2.19. The van der Waals surface area contributed by atoms with Crippen molar-refractivity contribution in [3.8, 4) is 0 Å². The summed E-state index contributed by atoms with van der Waals surface area (Å²) in [6, 6.07) is 7.07. The fourth-order valence-corrected chi connectivity index (χ4v) is 2.39. The van der Waals surface area contributed by atoms with Gasteiger partial charge in [-0.05, 0) is 53.4 Å². The van der Waals surface area contributed by atoms with Crippen LogP contribution in [0, 0.1) is 6.92 Å². The molecular weight excluding hydrogens is 262 g/mol. The van der Waals surface area contributed by atoms with E-state index in [0.29, 0.717) is 6.04 Å². The molecule has 0 fully saturated rings. The van der Waals surface area contributed by atoms with Crippen LogP contribution in [0.4, 0.5) is 5.69 Å². The molecule has 1 nitrogen and oxygen atoms in total. The molecule has 0 spiro atoms. The van der Waals surface area contributed by atoms with Gasteiger partial charge in [0.15, 0.2) is 0 Å². The molecule has 90 valence electrons. The summed E-state index contributed by atoms with van der Waals surface area (Å²) in [7, 11) is 0. The summed E-state index contributed by atoms with van der Waals surface area (Å²) in [6.07, 6.45) is 5.01. The van der Waals surface area contributed by atoms with Crippen LogP contribution < -0.4 is 5.32 Å². The average Bonchev–Trinajstić information content (AvgIpc) is 2.27. The molecule has 0 amide bonds. The van der Waals surface area contributed by atoms with Crippen LogP contribution in [0.25, 0.3) is 0 Å². The Morgan fingerprint density at radius 1 is 1.31 bits per heavy atom. The molecule has 16 heavy (non-hydrogen) atoms. The first-order valence-electron chi connectivity index (χ1n) is 6.20. The van der Waals surface area contributed by atoms with Crippen LogP contribution >= 0.6 is 15.9 Å². The molecule has 0 saturated carbocycles. The van der Waals surface area contributed by atoms with E-state index >= 15 is 0 Å². The highest BCUT2D eigenvalue weighted by Gasteiger charge is 2.07. The monoisotopic (exact) mass is 283 g/mol. The molecule has 1 N–H and O–H groups in total. The van der Waals surface area contributed by atoms with Gasteiger partial charge in [0.2, 0.25) is 0 Å². The van der Waals surface area contributed by atoms with Crippen LogP contribution in [0.2, 0.25) is 0 Å². The highest BCUT2D eigenvalue weighted by molar-refractivity contribution is 9.10. The van der Waals surface area contributed by atoms with Crippen LogP contribution in [-0.4, -0.2) is 6.04 Å². The predicted molar refractivity (Wildman–Crippen MR) is 76.1 cm³/mol. The van der Waals surface area contributed by atoms with E-state index in [0.717, 1.165) is 0 Å². The number of unbranched alkanes of at least 4 members (excludes halogenated alkanes) is 1. The second kappa shape index (κ2) is 6.95. The second-order valence-corrected chi connectivity index (χ2v) is 5.23. The fraction of sp³-hybridized carbons (Fsp3) is 0.571. The van der Waals surface area contributed by atoms with Gasteiger partial charge in [0.25, 0.3) is 0 Å². The van der Waals surface area contributed by atoms with Gasteiger partial charge < -0.3 is 5.32 Å². The van der Waals surface area contributed by atoms with Gasteiger partial charge in [0, 0.05) is 16.2 Å². The van der Waals surface area contributed by atoms with Crippen LogP contribution in [0.1, 0.15) is 45.1 Å². The zero-order valence-electron chi connectivity index (χ0n) is 10.5. The lowest BCUT2D eigenvalue weighted by Crippen LogP contribution is -2.18. The minimum absolute atomic E-state index is 0.596. The van der Waals surface area contributed by atoms with E-state index in [1.165, 1.54) is 41.4 Å². The van der Waals surface area contributed by atoms with Crippen molar-refractivity contribution in [1.29, 1.82) is 0 Å². The topological polar surface area (TPSA) is 12.0 Å². The molecule has 0 saturated heterocycles. The molecule has 1 aromatic carbocycles. The molecule has 0 heterocycles. The molecule has 1 rings (SSSR count). The summed E-state index contributed by atoms with van der Waals surface area (Å²) in [5, 5.41) is 3.61. The summed E-state index contributed by atoms with van der Waals surface area (Å²) in [6.45, 7) is 6.60. The Morgan fingerprint density at radius 2 is 2.06 bits per heavy atom. The Kier molecular flexibility index (Phi) is 5.89. The molecule has 1 aromatic rings. The van der Waals surface area contributed by atoms with E-state index in [1.807, 2.05) is 0 Å². The summed E-state index contributed by atoms with van der Waals surface area (Å²) in [4.78, 5) is 0. The summed E-state index contributed by atoms with van der Waals surface area (Å²) < 4.78 is 1.17. The summed E-state index contributed by atoms with van der Waals surface area (Å²) >= 11 is 3.61. The standard InChI is InChI=1S/C14H22BrN/c1-4-6-7-12(5-2)16-14-9-8-11(3)10-13(14)15/h8-10,12,16H,4-7H2,1-3H3. The van der Waals surface area contributed by atoms with Crippen molar-refractivity contribution in [2.45, 2.75) is 52.5 Å². The summed E-state index contributed by atoms with van der Waals surface area (Å²) in [5.74, 6) is 0. The minimum Gasteiger partial charge on any atom is -0.381 e. The maximum Gasteiger partial charge on any atom is 0.0486 e. The number of anilines is 1. The van der Waals surface area contributed by atoms with Gasteiger partial charge in [0.1, 0.15) is 0 Å². The number of rotatable bonds is 6. The van der Waals surface area contributed by atoms with Crippen molar-refractivity contribution in [3.05, 3.63) is 28.2 Å². The quantitative estimate of drug-likeness (QED) is 0.762. The second-order valence-electron chi connectivity index (χ2n) is 4.38. The van der Waals surface area contributed by atoms with E-state index in [9.17, 15) is 0 Å². The third-order valence-electron chi connectivity index (χ3n) is 2.88. The van der Waals surface area contributed by atoms with Gasteiger partial charge in [-0.3, -0.25) is 0 Å². The van der Waals surface area contributed by atoms with E-state index in [4.69, 9.17) is 0 Å². The van der Waals surface area contributed by atoms with Gasteiger partial charge in [-0.2, -0.15) is 0 Å². The SMILES string of the molecule is CCCCC(CC)Nc1ccc(C)cc1Br. The third kappa shape index (κ3) is 4.17. The molecule has 1 atom stereocenters. The van der Waals surface area contributed by atoms with Gasteiger partial charge in [0.05, 0.1) is 0 Å². The van der Waals surface area contributed by atoms with Crippen LogP contribution in [-0.2, 0) is 0 Å². The zero-order chi connectivity index (χ0) is 12.0. The van der Waals surface area contributed by atoms with Crippen molar-refractivity contribution in [2.75, 3.05) is 5.32 Å². The fourth-order valence-electron chi connectivity index (χ4n) is 1.79. The Labute approximate surface area is 108 Å². The lowest BCUT2D eigenvalue weighted by molar-refractivity contribution is 0.593. The van der Waals surface area contributed by atoms with Gasteiger partial charge >= 0.3 is 0 Å². The predicted octanol–water partition coefficient (Wildman–Crippen LogP) is 5.14. The maximum absolute atomic E-state index is 3.61. The third-order valence-corrected chi connectivity index (χ3v) is 3.54. The van der Waals surface area contributed by atoms with Gasteiger partial charge in [-0.15, -0.1) is 0 Å². The van der Waals surface area contributed by atoms with Crippen molar-refractivity contribution in [1.82, 2.24) is 0 Å². The molecule has 0 radical (unpaired) electrons. The van der Waals surface area contributed by atoms with Crippen molar-refractivity contribution >= 4 is 21.6 Å². The average molecular weight is 284 g/mol. The maximum atomic E-state index is 3.61. The molecule has 0 aliphatic rings. The van der Waals surface area contributed by atoms with Crippen LogP contribution in [0.15, 0.2) is 22.7 Å². The molecule has 0 bridgehead atoms. The first kappa shape index (κ1) is 13.6. The first-order valence-corrected chi connectivity index (χ1v) is 6.99. The molecule has 1 unspecified atom stereocenters. The van der Waals surface area contributed by atoms with Gasteiger partial charge in [-0.25, -0.2) is 0 Å². The largest absolute Gasteiger partial charge is 0.381 e. The Morgan fingerprint density at radius 3 is 2.62 bits per heavy atom. The highest BCUT2D eigenvalue weighted by atomic mass is 79.9. The van der Waals surface area contributed by atoms with Crippen molar-refractivity contribution in [3.63, 3.8) is 0 Å². The van der Waals surface area contributed by atoms with Gasteiger partial charge in [-0.1, -0.05) is 32.8 Å². The number of benzene rings is 1. The molecule has 0 aromatic heterocycles. The number of halogens is 1. The number of aryl methyl sites for hydroxylation is 1. The molecule has 0 aliphatic carbocycles. The minimum atomic E-state index is 0.596. The van der Waals surface area contributed by atoms with E-state index in [1.54, 1.807) is 0 Å². The van der Waals surface area contributed by atoms with Crippen LogP contribution in [0.3, 0.4) is 0 Å². The molecule has 2 heteroatoms. The highest BCUT2D eigenvalue weighted by Crippen LogP contribution is 2.25. The van der Waals surface area contributed by atoms with E-state index in [2.05, 4.69) is 60.2 Å². The Bertz CT molecular complexity index is 323. The smallest absolute Gasteiger partial charge is 0.0486 e. The molecular formula is C14H22BrN. The van der Waals surface area contributed by atoms with Crippen LogP contribution in [0.5, 0.6) is 0 Å². The van der Waals surface area contributed by atoms with E-state index < -0.39 is 0 Å². The number of hydrogen-bond donors (Lipinski definition) is 1. The van der Waals surface area contributed by atoms with Crippen molar-refractivity contribution < 1.29 is 0 Å². The van der Waals surface area contributed by atoms with Crippen molar-refractivity contribution in [2.24, 2.45) is 0 Å². The summed E-state index contributed by atoms with van der Waals surface area (Å²) in [5.41, 5.74) is 2.51. The lowest BCUT2D eigenvalue weighted by atomic mass is 10.1. The first-order chi connectivity index (χ1) is 7.67. The number of hydrogen-bond acceptors (Lipinski definition) is 1. The number of nitrogens with one attached hydrogen (secondary N) is 1. The molecule has 0 aliphatic heterocycles. The Hall–Kier alpha value is -0.500.